The quantitative estimate of drug-likeness (QED) is 0.716. The topological polar surface area (TPSA) is 67.9 Å². The van der Waals surface area contributed by atoms with Crippen LogP contribution in [0.2, 0.25) is 0 Å². The predicted octanol–water partition coefficient (Wildman–Crippen LogP) is 4.42. The van der Waals surface area contributed by atoms with E-state index in [1.165, 1.54) is 0 Å². The Morgan fingerprint density at radius 2 is 1.93 bits per heavy atom. The van der Waals surface area contributed by atoms with Crippen LogP contribution in [-0.2, 0) is 16.0 Å². The van der Waals surface area contributed by atoms with E-state index >= 15 is 0 Å². The lowest BCUT2D eigenvalue weighted by Crippen LogP contribution is -2.52. The fourth-order valence-electron chi connectivity index (χ4n) is 4.06. The number of amides is 2. The number of hydrogen-bond acceptors (Lipinski definition) is 4. The van der Waals surface area contributed by atoms with Crippen LogP contribution < -0.4 is 10.1 Å². The Balaban J connectivity index is 1.79. The third-order valence-electron chi connectivity index (χ3n) is 5.63. The average molecular weight is 411 g/mol. The van der Waals surface area contributed by atoms with E-state index in [0.717, 1.165) is 29.0 Å². The molecule has 160 valence electrons. The molecule has 1 saturated heterocycles. The Labute approximate surface area is 178 Å². The molecule has 1 aliphatic heterocycles. The second-order valence-corrected chi connectivity index (χ2v) is 7.80. The summed E-state index contributed by atoms with van der Waals surface area (Å²) in [4.78, 5) is 27.7. The molecule has 2 amide bonds. The molecule has 1 atom stereocenters. The molecule has 6 nitrogen and oxygen atoms in total. The summed E-state index contributed by atoms with van der Waals surface area (Å²) in [5, 5.41) is 2.98. The first-order chi connectivity index (χ1) is 14.5. The predicted molar refractivity (Wildman–Crippen MR) is 117 cm³/mol. The fourth-order valence-corrected chi connectivity index (χ4v) is 4.06. The van der Waals surface area contributed by atoms with Crippen LogP contribution in [0, 0.1) is 12.3 Å². The first kappa shape index (κ1) is 21.7. The Hall–Kier alpha value is -3.02. The van der Waals surface area contributed by atoms with Gasteiger partial charge < -0.3 is 19.7 Å². The highest BCUT2D eigenvalue weighted by atomic mass is 16.5. The van der Waals surface area contributed by atoms with Crippen molar-refractivity contribution < 1.29 is 19.1 Å². The summed E-state index contributed by atoms with van der Waals surface area (Å²) in [5.41, 5.74) is 1.98. The molecule has 2 aromatic carbocycles. The average Bonchev–Trinajstić information content (AvgIpc) is 2.76. The number of carbonyl (C=O) groups excluding carboxylic acids is 2. The van der Waals surface area contributed by atoms with E-state index in [0.29, 0.717) is 32.5 Å². The van der Waals surface area contributed by atoms with E-state index in [-0.39, 0.29) is 12.0 Å². The molecule has 2 aromatic rings. The van der Waals surface area contributed by atoms with Gasteiger partial charge in [0.2, 0.25) is 0 Å². The van der Waals surface area contributed by atoms with Gasteiger partial charge in [0.15, 0.2) is 0 Å². The standard InChI is InChI=1S/C24H30N2O4/c1-4-30-22(27)24(16-19-9-6-5-7-10-19)13-8-14-26(17-24)23(28)25-21-12-11-20(29-3)15-18(21)2/h5-7,9-12,15H,4,8,13-14,16-17H2,1-3H3,(H,25,28)/t24-/m1/s1. The number of ether oxygens (including phenoxy) is 2. The van der Waals surface area contributed by atoms with Crippen molar-refractivity contribution in [1.29, 1.82) is 0 Å². The van der Waals surface area contributed by atoms with Gasteiger partial charge in [-0.05, 0) is 62.4 Å². The molecule has 1 heterocycles. The van der Waals surface area contributed by atoms with Crippen LogP contribution in [0.5, 0.6) is 5.75 Å². The van der Waals surface area contributed by atoms with Crippen LogP contribution in [0.1, 0.15) is 30.9 Å². The number of esters is 1. The number of rotatable bonds is 6. The van der Waals surface area contributed by atoms with Gasteiger partial charge in [-0.1, -0.05) is 30.3 Å². The van der Waals surface area contributed by atoms with Gasteiger partial charge in [0.1, 0.15) is 5.75 Å². The van der Waals surface area contributed by atoms with E-state index < -0.39 is 5.41 Å². The molecule has 0 aliphatic carbocycles. The number of anilines is 1. The minimum absolute atomic E-state index is 0.204. The van der Waals surface area contributed by atoms with Crippen molar-refractivity contribution in [2.75, 3.05) is 32.1 Å². The summed E-state index contributed by atoms with van der Waals surface area (Å²) in [6.07, 6.45) is 2.00. The maximum Gasteiger partial charge on any atom is 0.321 e. The highest BCUT2D eigenvalue weighted by Crippen LogP contribution is 2.36. The minimum Gasteiger partial charge on any atom is -0.497 e. The zero-order valence-electron chi connectivity index (χ0n) is 17.9. The van der Waals surface area contributed by atoms with Gasteiger partial charge in [-0.25, -0.2) is 4.79 Å². The molecular formula is C24H30N2O4. The molecule has 0 unspecified atom stereocenters. The molecule has 3 rings (SSSR count). The van der Waals surface area contributed by atoms with Gasteiger partial charge in [-0.15, -0.1) is 0 Å². The van der Waals surface area contributed by atoms with Crippen molar-refractivity contribution in [3.05, 3.63) is 59.7 Å². The molecule has 1 aliphatic rings. The first-order valence-electron chi connectivity index (χ1n) is 10.4. The van der Waals surface area contributed by atoms with Crippen LogP contribution in [0.4, 0.5) is 10.5 Å². The SMILES string of the molecule is CCOC(=O)[C@@]1(Cc2ccccc2)CCCN(C(=O)Nc2ccc(OC)cc2C)C1. The lowest BCUT2D eigenvalue weighted by atomic mass is 9.75. The van der Waals surface area contributed by atoms with Crippen LogP contribution in [0.25, 0.3) is 0 Å². The molecule has 1 N–H and O–H groups in total. The number of methoxy groups -OCH3 is 1. The summed E-state index contributed by atoms with van der Waals surface area (Å²) >= 11 is 0. The molecule has 0 bridgehead atoms. The van der Waals surface area contributed by atoms with Gasteiger partial charge in [0, 0.05) is 18.8 Å². The van der Waals surface area contributed by atoms with E-state index in [2.05, 4.69) is 5.32 Å². The zero-order valence-corrected chi connectivity index (χ0v) is 17.9. The van der Waals surface area contributed by atoms with E-state index in [1.807, 2.05) is 62.4 Å². The molecule has 1 fully saturated rings. The number of nitrogens with zero attached hydrogens (tertiary/aromatic N) is 1. The number of aryl methyl sites for hydroxylation is 1. The van der Waals surface area contributed by atoms with Crippen LogP contribution >= 0.6 is 0 Å². The van der Waals surface area contributed by atoms with Crippen LogP contribution in [-0.4, -0.2) is 43.7 Å². The number of urea groups is 1. The molecule has 0 spiro atoms. The lowest BCUT2D eigenvalue weighted by molar-refractivity contribution is -0.158. The van der Waals surface area contributed by atoms with Gasteiger partial charge in [0.05, 0.1) is 19.1 Å². The third kappa shape index (κ3) is 4.93. The number of likely N-dealkylation sites (tertiary alicyclic amines) is 1. The maximum absolute atomic E-state index is 13.0. The van der Waals surface area contributed by atoms with Crippen molar-refractivity contribution in [2.24, 2.45) is 5.41 Å². The van der Waals surface area contributed by atoms with Gasteiger partial charge in [0.25, 0.3) is 0 Å². The highest BCUT2D eigenvalue weighted by molar-refractivity contribution is 5.91. The zero-order chi connectivity index (χ0) is 21.6. The Bertz CT molecular complexity index is 884. The lowest BCUT2D eigenvalue weighted by Gasteiger charge is -2.41. The second kappa shape index (κ2) is 9.65. The summed E-state index contributed by atoms with van der Waals surface area (Å²) in [5.74, 6) is 0.514. The Kier molecular flexibility index (Phi) is 6.98. The number of carbonyl (C=O) groups is 2. The van der Waals surface area contributed by atoms with E-state index in [4.69, 9.17) is 9.47 Å². The normalized spacial score (nSPS) is 18.6. The van der Waals surface area contributed by atoms with Crippen molar-refractivity contribution in [3.63, 3.8) is 0 Å². The molecule has 6 heteroatoms. The Morgan fingerprint density at radius 3 is 2.60 bits per heavy atom. The highest BCUT2D eigenvalue weighted by Gasteiger charge is 2.44. The van der Waals surface area contributed by atoms with Gasteiger partial charge in [-0.2, -0.15) is 0 Å². The monoisotopic (exact) mass is 410 g/mol. The minimum atomic E-state index is -0.734. The number of nitrogens with one attached hydrogen (secondary N) is 1. The molecular weight excluding hydrogens is 380 g/mol. The van der Waals surface area contributed by atoms with Crippen molar-refractivity contribution in [3.8, 4) is 5.75 Å². The van der Waals surface area contributed by atoms with Crippen molar-refractivity contribution in [1.82, 2.24) is 4.90 Å². The van der Waals surface area contributed by atoms with Crippen molar-refractivity contribution >= 4 is 17.7 Å². The first-order valence-corrected chi connectivity index (χ1v) is 10.4. The van der Waals surface area contributed by atoms with Crippen molar-refractivity contribution in [2.45, 2.75) is 33.1 Å². The van der Waals surface area contributed by atoms with Gasteiger partial charge >= 0.3 is 12.0 Å². The Morgan fingerprint density at radius 1 is 1.17 bits per heavy atom. The number of hydrogen-bond donors (Lipinski definition) is 1. The number of piperidine rings is 1. The smallest absolute Gasteiger partial charge is 0.321 e. The summed E-state index contributed by atoms with van der Waals surface area (Å²) < 4.78 is 10.7. The number of benzene rings is 2. The molecule has 0 saturated carbocycles. The summed E-state index contributed by atoms with van der Waals surface area (Å²) in [6.45, 7) is 5.01. The summed E-state index contributed by atoms with van der Waals surface area (Å²) in [6, 6.07) is 15.2. The molecule has 0 aromatic heterocycles. The largest absolute Gasteiger partial charge is 0.497 e. The fraction of sp³-hybridized carbons (Fsp3) is 0.417. The molecule has 0 radical (unpaired) electrons. The van der Waals surface area contributed by atoms with Crippen LogP contribution in [0.15, 0.2) is 48.5 Å². The van der Waals surface area contributed by atoms with Gasteiger partial charge in [-0.3, -0.25) is 4.79 Å². The summed E-state index contributed by atoms with van der Waals surface area (Å²) in [7, 11) is 1.61. The van der Waals surface area contributed by atoms with E-state index in [1.54, 1.807) is 12.0 Å². The molecule has 30 heavy (non-hydrogen) atoms. The van der Waals surface area contributed by atoms with Crippen LogP contribution in [0.3, 0.4) is 0 Å². The third-order valence-corrected chi connectivity index (χ3v) is 5.63. The second-order valence-electron chi connectivity index (χ2n) is 7.80. The maximum atomic E-state index is 13.0. The van der Waals surface area contributed by atoms with E-state index in [9.17, 15) is 9.59 Å².